The molecule has 0 spiro atoms. The minimum absolute atomic E-state index is 0.0671. The van der Waals surface area contributed by atoms with Gasteiger partial charge in [0.25, 0.3) is 0 Å². The fraction of sp³-hybridized carbons (Fsp3) is 0.786. The first kappa shape index (κ1) is 17.1. The van der Waals surface area contributed by atoms with E-state index in [1.807, 2.05) is 14.0 Å². The minimum atomic E-state index is -4.27. The molecule has 1 saturated heterocycles. The summed E-state index contributed by atoms with van der Waals surface area (Å²) in [5.41, 5.74) is 1.92. The van der Waals surface area contributed by atoms with Crippen molar-refractivity contribution in [3.8, 4) is 5.88 Å². The molecule has 0 amide bonds. The van der Waals surface area contributed by atoms with Crippen LogP contribution in [0.2, 0.25) is 0 Å². The maximum absolute atomic E-state index is 12.1. The van der Waals surface area contributed by atoms with Gasteiger partial charge in [-0.2, -0.15) is 18.3 Å². The molecule has 1 fully saturated rings. The Morgan fingerprint density at radius 3 is 2.73 bits per heavy atom. The third-order valence-electron chi connectivity index (χ3n) is 3.89. The smallest absolute Gasteiger partial charge is 0.411 e. The summed E-state index contributed by atoms with van der Waals surface area (Å²) in [6, 6.07) is 0.123. The van der Waals surface area contributed by atoms with Crippen LogP contribution in [0.1, 0.15) is 30.1 Å². The second kappa shape index (κ2) is 6.87. The lowest BCUT2D eigenvalue weighted by Gasteiger charge is -2.25. The van der Waals surface area contributed by atoms with E-state index in [-0.39, 0.29) is 12.6 Å². The summed E-state index contributed by atoms with van der Waals surface area (Å²) in [5, 5.41) is 4.37. The van der Waals surface area contributed by atoms with Gasteiger partial charge < -0.3 is 9.47 Å². The minimum Gasteiger partial charge on any atom is -0.481 e. The number of hydrogen-bond donors (Lipinski definition) is 0. The first-order valence-corrected chi connectivity index (χ1v) is 7.29. The van der Waals surface area contributed by atoms with E-state index in [1.54, 1.807) is 11.8 Å². The van der Waals surface area contributed by atoms with Gasteiger partial charge in [0.2, 0.25) is 5.88 Å². The van der Waals surface area contributed by atoms with E-state index in [0.29, 0.717) is 12.4 Å². The summed E-state index contributed by atoms with van der Waals surface area (Å²) in [5.74, 6) is 0.714. The molecular weight excluding hydrogens is 299 g/mol. The molecule has 0 unspecified atom stereocenters. The Morgan fingerprint density at radius 2 is 2.09 bits per heavy atom. The number of rotatable bonds is 6. The van der Waals surface area contributed by atoms with Crippen LogP contribution in [-0.2, 0) is 11.8 Å². The molecule has 5 nitrogen and oxygen atoms in total. The molecule has 1 aliphatic heterocycles. The number of ether oxygens (including phenoxy) is 2. The Kier molecular flexibility index (Phi) is 5.33. The number of halogens is 3. The zero-order valence-electron chi connectivity index (χ0n) is 13.1. The van der Waals surface area contributed by atoms with Gasteiger partial charge in [-0.1, -0.05) is 0 Å². The lowest BCUT2D eigenvalue weighted by molar-refractivity contribution is -0.174. The molecule has 126 valence electrons. The average molecular weight is 321 g/mol. The van der Waals surface area contributed by atoms with Crippen molar-refractivity contribution in [1.82, 2.24) is 14.7 Å². The highest BCUT2D eigenvalue weighted by Gasteiger charge is 2.32. The van der Waals surface area contributed by atoms with E-state index >= 15 is 0 Å². The largest absolute Gasteiger partial charge is 0.481 e. The second-order valence-corrected chi connectivity index (χ2v) is 5.49. The summed E-state index contributed by atoms with van der Waals surface area (Å²) in [6.45, 7) is 2.11. The van der Waals surface area contributed by atoms with Crippen molar-refractivity contribution in [2.75, 3.05) is 33.4 Å². The summed E-state index contributed by atoms with van der Waals surface area (Å²) in [7, 11) is 3.42. The van der Waals surface area contributed by atoms with Crippen LogP contribution in [0.5, 0.6) is 5.88 Å². The highest BCUT2D eigenvalue weighted by Crippen LogP contribution is 2.38. The molecule has 0 bridgehead atoms. The predicted octanol–water partition coefficient (Wildman–Crippen LogP) is 2.45. The number of aromatic nitrogens is 2. The van der Waals surface area contributed by atoms with Crippen molar-refractivity contribution in [2.45, 2.75) is 32.0 Å². The molecule has 22 heavy (non-hydrogen) atoms. The summed E-state index contributed by atoms with van der Waals surface area (Å²) in [4.78, 5) is 2.14. The van der Waals surface area contributed by atoms with Crippen molar-refractivity contribution < 1.29 is 22.6 Å². The van der Waals surface area contributed by atoms with Gasteiger partial charge >= 0.3 is 6.18 Å². The van der Waals surface area contributed by atoms with E-state index in [1.165, 1.54) is 0 Å². The maximum Gasteiger partial charge on any atom is 0.411 e. The standard InChI is InChI=1S/C14H22F3N3O2/c1-10-12(13(21-3)19(2)18-10)11-5-4-6-20(11)7-8-22-9-14(15,16)17/h11H,4-9H2,1-3H3/t11-/m0/s1. The van der Waals surface area contributed by atoms with Crippen LogP contribution in [0.4, 0.5) is 13.2 Å². The van der Waals surface area contributed by atoms with Crippen molar-refractivity contribution in [3.63, 3.8) is 0 Å². The molecule has 0 saturated carbocycles. The van der Waals surface area contributed by atoms with Crippen LogP contribution in [0.3, 0.4) is 0 Å². The summed E-state index contributed by atoms with van der Waals surface area (Å²) in [6.07, 6.45) is -2.32. The van der Waals surface area contributed by atoms with Gasteiger partial charge in [-0.05, 0) is 26.3 Å². The molecule has 0 aliphatic carbocycles. The summed E-state index contributed by atoms with van der Waals surface area (Å²) >= 11 is 0. The topological polar surface area (TPSA) is 39.5 Å². The predicted molar refractivity (Wildman–Crippen MR) is 74.9 cm³/mol. The van der Waals surface area contributed by atoms with Gasteiger partial charge in [-0.3, -0.25) is 4.90 Å². The molecule has 2 rings (SSSR count). The van der Waals surface area contributed by atoms with Gasteiger partial charge in [0, 0.05) is 19.6 Å². The zero-order valence-corrected chi connectivity index (χ0v) is 13.1. The number of alkyl halides is 3. The Hall–Kier alpha value is -1.28. The number of aryl methyl sites for hydroxylation is 2. The number of likely N-dealkylation sites (tertiary alicyclic amines) is 1. The monoisotopic (exact) mass is 321 g/mol. The molecule has 0 aromatic carbocycles. The van der Waals surface area contributed by atoms with Crippen LogP contribution in [0, 0.1) is 6.92 Å². The van der Waals surface area contributed by atoms with E-state index in [4.69, 9.17) is 9.47 Å². The highest BCUT2D eigenvalue weighted by molar-refractivity contribution is 5.34. The zero-order chi connectivity index (χ0) is 16.3. The van der Waals surface area contributed by atoms with Crippen LogP contribution >= 0.6 is 0 Å². The highest BCUT2D eigenvalue weighted by atomic mass is 19.4. The van der Waals surface area contributed by atoms with Crippen molar-refractivity contribution in [2.24, 2.45) is 7.05 Å². The Labute approximate surface area is 128 Å². The van der Waals surface area contributed by atoms with Gasteiger partial charge in [-0.15, -0.1) is 0 Å². The van der Waals surface area contributed by atoms with E-state index in [0.717, 1.165) is 30.6 Å². The average Bonchev–Trinajstić information content (AvgIpc) is 2.97. The molecule has 8 heteroatoms. The normalized spacial score (nSPS) is 19.8. The van der Waals surface area contributed by atoms with Gasteiger partial charge in [0.1, 0.15) is 6.61 Å². The molecular formula is C14H22F3N3O2. The van der Waals surface area contributed by atoms with Crippen LogP contribution < -0.4 is 4.74 Å². The molecule has 1 atom stereocenters. The van der Waals surface area contributed by atoms with Crippen molar-refractivity contribution in [3.05, 3.63) is 11.3 Å². The first-order valence-electron chi connectivity index (χ1n) is 7.29. The number of hydrogen-bond acceptors (Lipinski definition) is 4. The van der Waals surface area contributed by atoms with E-state index < -0.39 is 12.8 Å². The number of methoxy groups -OCH3 is 1. The van der Waals surface area contributed by atoms with Gasteiger partial charge in [0.15, 0.2) is 0 Å². The fourth-order valence-corrected chi connectivity index (χ4v) is 3.07. The van der Waals surface area contributed by atoms with Crippen molar-refractivity contribution in [1.29, 1.82) is 0 Å². The quantitative estimate of drug-likeness (QED) is 0.755. The second-order valence-electron chi connectivity index (χ2n) is 5.49. The summed E-state index contributed by atoms with van der Waals surface area (Å²) < 4.78 is 48.1. The van der Waals surface area contributed by atoms with Gasteiger partial charge in [0.05, 0.1) is 25.0 Å². The molecule has 0 radical (unpaired) electrons. The van der Waals surface area contributed by atoms with Gasteiger partial charge in [-0.25, -0.2) is 4.68 Å². The third-order valence-corrected chi connectivity index (χ3v) is 3.89. The Balaban J connectivity index is 1.99. The number of nitrogens with zero attached hydrogens (tertiary/aromatic N) is 3. The van der Waals surface area contributed by atoms with Crippen LogP contribution in [0.25, 0.3) is 0 Å². The first-order chi connectivity index (χ1) is 10.3. The maximum atomic E-state index is 12.1. The molecule has 1 aromatic heterocycles. The SMILES string of the molecule is COc1c([C@@H]2CCCN2CCOCC(F)(F)F)c(C)nn1C. The molecule has 2 heterocycles. The lowest BCUT2D eigenvalue weighted by Crippen LogP contribution is -2.29. The van der Waals surface area contributed by atoms with E-state index in [9.17, 15) is 13.2 Å². The van der Waals surface area contributed by atoms with Crippen molar-refractivity contribution >= 4 is 0 Å². The fourth-order valence-electron chi connectivity index (χ4n) is 3.07. The Bertz CT molecular complexity index is 502. The lowest BCUT2D eigenvalue weighted by atomic mass is 10.1. The molecule has 1 aliphatic rings. The van der Waals surface area contributed by atoms with Crippen LogP contribution in [-0.4, -0.2) is 54.3 Å². The Morgan fingerprint density at radius 1 is 1.36 bits per heavy atom. The van der Waals surface area contributed by atoms with E-state index in [2.05, 4.69) is 10.00 Å². The molecule has 1 aromatic rings. The molecule has 0 N–H and O–H groups in total. The van der Waals surface area contributed by atoms with Crippen LogP contribution in [0.15, 0.2) is 0 Å². The third kappa shape index (κ3) is 3.92.